The van der Waals surface area contributed by atoms with Crippen LogP contribution in [0.1, 0.15) is 20.3 Å². The molecule has 90 valence electrons. The molecule has 0 aliphatic carbocycles. The maximum absolute atomic E-state index is 4.30. The zero-order chi connectivity index (χ0) is 12.1. The molecular weight excluding hydrogens is 230 g/mol. The molecule has 1 aromatic carbocycles. The number of rotatable bonds is 5. The quantitative estimate of drug-likeness (QED) is 0.758. The highest BCUT2D eigenvalue weighted by molar-refractivity contribution is 7.99. The predicted molar refractivity (Wildman–Crippen MR) is 72.1 cm³/mol. The molecule has 0 unspecified atom stereocenters. The summed E-state index contributed by atoms with van der Waals surface area (Å²) in [5, 5.41) is 9.60. The minimum atomic E-state index is 0.906. The van der Waals surface area contributed by atoms with Crippen LogP contribution in [0.25, 0.3) is 11.4 Å². The number of hydrogen-bond acceptors (Lipinski definition) is 3. The van der Waals surface area contributed by atoms with Crippen LogP contribution in [0, 0.1) is 0 Å². The van der Waals surface area contributed by atoms with E-state index in [0.29, 0.717) is 0 Å². The molecule has 4 heteroatoms. The fraction of sp³-hybridized carbons (Fsp3) is 0.385. The molecule has 0 atom stereocenters. The lowest BCUT2D eigenvalue weighted by Crippen LogP contribution is -1.99. The maximum atomic E-state index is 4.30. The lowest BCUT2D eigenvalue weighted by molar-refractivity contribution is 0.687. The summed E-state index contributed by atoms with van der Waals surface area (Å²) in [4.78, 5) is 0. The first-order valence-electron chi connectivity index (χ1n) is 5.98. The average Bonchev–Trinajstić information content (AvgIpc) is 2.80. The molecule has 0 amide bonds. The van der Waals surface area contributed by atoms with E-state index in [0.717, 1.165) is 35.3 Å². The molecule has 0 N–H and O–H groups in total. The van der Waals surface area contributed by atoms with E-state index >= 15 is 0 Å². The summed E-state index contributed by atoms with van der Waals surface area (Å²) < 4.78 is 2.18. The van der Waals surface area contributed by atoms with Crippen LogP contribution in [0.5, 0.6) is 0 Å². The number of nitrogens with zero attached hydrogens (tertiary/aromatic N) is 3. The van der Waals surface area contributed by atoms with Gasteiger partial charge in [-0.1, -0.05) is 49.0 Å². The van der Waals surface area contributed by atoms with Gasteiger partial charge in [0.15, 0.2) is 11.0 Å². The topological polar surface area (TPSA) is 30.7 Å². The fourth-order valence-corrected chi connectivity index (χ4v) is 2.53. The summed E-state index contributed by atoms with van der Waals surface area (Å²) in [7, 11) is 0. The lowest BCUT2D eigenvalue weighted by Gasteiger charge is -2.06. The summed E-state index contributed by atoms with van der Waals surface area (Å²) in [5.74, 6) is 2.05. The van der Waals surface area contributed by atoms with Crippen molar-refractivity contribution < 1.29 is 0 Å². The Morgan fingerprint density at radius 2 is 1.88 bits per heavy atom. The Bertz CT molecular complexity index is 465. The van der Waals surface area contributed by atoms with Gasteiger partial charge in [-0.2, -0.15) is 0 Å². The van der Waals surface area contributed by atoms with Gasteiger partial charge in [0, 0.05) is 17.9 Å². The third-order valence-electron chi connectivity index (χ3n) is 2.50. The van der Waals surface area contributed by atoms with E-state index in [1.165, 1.54) is 0 Å². The number of aromatic nitrogens is 3. The van der Waals surface area contributed by atoms with Gasteiger partial charge in [-0.3, -0.25) is 0 Å². The second-order valence-electron chi connectivity index (χ2n) is 3.76. The molecule has 2 rings (SSSR count). The molecule has 0 spiro atoms. The lowest BCUT2D eigenvalue weighted by atomic mass is 10.2. The fourth-order valence-electron chi connectivity index (χ4n) is 1.67. The van der Waals surface area contributed by atoms with Gasteiger partial charge in [0.1, 0.15) is 0 Å². The zero-order valence-corrected chi connectivity index (χ0v) is 11.1. The van der Waals surface area contributed by atoms with Crippen LogP contribution in [-0.4, -0.2) is 20.5 Å². The first kappa shape index (κ1) is 12.2. The molecule has 2 aromatic rings. The Morgan fingerprint density at radius 1 is 1.12 bits per heavy atom. The van der Waals surface area contributed by atoms with E-state index in [2.05, 4.69) is 40.7 Å². The molecule has 1 heterocycles. The summed E-state index contributed by atoms with van der Waals surface area (Å²) >= 11 is 1.78. The standard InChI is InChI=1S/C13H17N3S/c1-3-10-17-13-15-14-12(16(13)4-2)11-8-6-5-7-9-11/h5-9H,3-4,10H2,1-2H3. The molecule has 0 fully saturated rings. The molecule has 0 saturated carbocycles. The van der Waals surface area contributed by atoms with Crippen LogP contribution in [0.3, 0.4) is 0 Å². The number of thioether (sulfide) groups is 1. The van der Waals surface area contributed by atoms with Crippen molar-refractivity contribution in [3.05, 3.63) is 30.3 Å². The Labute approximate surface area is 106 Å². The highest BCUT2D eigenvalue weighted by Crippen LogP contribution is 2.23. The molecule has 0 radical (unpaired) electrons. The normalized spacial score (nSPS) is 10.7. The molecular formula is C13H17N3S. The maximum Gasteiger partial charge on any atom is 0.191 e. The molecule has 3 nitrogen and oxygen atoms in total. The molecule has 0 saturated heterocycles. The van der Waals surface area contributed by atoms with E-state index in [1.807, 2.05) is 18.2 Å². The first-order valence-corrected chi connectivity index (χ1v) is 6.96. The zero-order valence-electron chi connectivity index (χ0n) is 10.3. The van der Waals surface area contributed by atoms with Gasteiger partial charge >= 0.3 is 0 Å². The van der Waals surface area contributed by atoms with Crippen LogP contribution < -0.4 is 0 Å². The van der Waals surface area contributed by atoms with Crippen molar-refractivity contribution in [2.24, 2.45) is 0 Å². The van der Waals surface area contributed by atoms with Crippen molar-refractivity contribution in [1.29, 1.82) is 0 Å². The highest BCUT2D eigenvalue weighted by Gasteiger charge is 2.11. The third kappa shape index (κ3) is 2.69. The molecule has 1 aromatic heterocycles. The number of benzene rings is 1. The summed E-state index contributed by atoms with van der Waals surface area (Å²) in [6, 6.07) is 10.2. The van der Waals surface area contributed by atoms with Crippen LogP contribution in [-0.2, 0) is 6.54 Å². The average molecular weight is 247 g/mol. The highest BCUT2D eigenvalue weighted by atomic mass is 32.2. The predicted octanol–water partition coefficient (Wildman–Crippen LogP) is 3.47. The molecule has 0 bridgehead atoms. The second-order valence-corrected chi connectivity index (χ2v) is 4.83. The smallest absolute Gasteiger partial charge is 0.191 e. The van der Waals surface area contributed by atoms with E-state index in [-0.39, 0.29) is 0 Å². The van der Waals surface area contributed by atoms with E-state index in [9.17, 15) is 0 Å². The Balaban J connectivity index is 2.32. The minimum Gasteiger partial charge on any atom is -0.302 e. The Hall–Kier alpha value is -1.29. The Kier molecular flexibility index (Phi) is 4.20. The van der Waals surface area contributed by atoms with Gasteiger partial charge in [0.05, 0.1) is 0 Å². The van der Waals surface area contributed by atoms with Gasteiger partial charge in [0.25, 0.3) is 0 Å². The van der Waals surface area contributed by atoms with Crippen LogP contribution in [0.2, 0.25) is 0 Å². The van der Waals surface area contributed by atoms with Crippen molar-refractivity contribution in [3.63, 3.8) is 0 Å². The van der Waals surface area contributed by atoms with Gasteiger partial charge in [0.2, 0.25) is 0 Å². The van der Waals surface area contributed by atoms with Gasteiger partial charge in [-0.05, 0) is 13.3 Å². The summed E-state index contributed by atoms with van der Waals surface area (Å²) in [5.41, 5.74) is 1.13. The molecule has 0 aliphatic heterocycles. The van der Waals surface area contributed by atoms with Crippen LogP contribution in [0.4, 0.5) is 0 Å². The largest absolute Gasteiger partial charge is 0.302 e. The Morgan fingerprint density at radius 3 is 2.53 bits per heavy atom. The van der Waals surface area contributed by atoms with E-state index in [1.54, 1.807) is 11.8 Å². The monoisotopic (exact) mass is 247 g/mol. The minimum absolute atomic E-state index is 0.906. The number of hydrogen-bond donors (Lipinski definition) is 0. The van der Waals surface area contributed by atoms with Crippen molar-refractivity contribution >= 4 is 11.8 Å². The van der Waals surface area contributed by atoms with Gasteiger partial charge < -0.3 is 4.57 Å². The second kappa shape index (κ2) is 5.87. The van der Waals surface area contributed by atoms with Gasteiger partial charge in [-0.25, -0.2) is 0 Å². The van der Waals surface area contributed by atoms with Crippen molar-refractivity contribution in [2.45, 2.75) is 32.0 Å². The summed E-state index contributed by atoms with van der Waals surface area (Å²) in [6.45, 7) is 5.22. The molecule has 0 aliphatic rings. The van der Waals surface area contributed by atoms with Crippen molar-refractivity contribution in [3.8, 4) is 11.4 Å². The summed E-state index contributed by atoms with van der Waals surface area (Å²) in [6.07, 6.45) is 1.15. The van der Waals surface area contributed by atoms with Crippen LogP contribution in [0.15, 0.2) is 35.5 Å². The van der Waals surface area contributed by atoms with Crippen LogP contribution >= 0.6 is 11.8 Å². The van der Waals surface area contributed by atoms with Crippen molar-refractivity contribution in [2.75, 3.05) is 5.75 Å². The third-order valence-corrected chi connectivity index (χ3v) is 3.67. The van der Waals surface area contributed by atoms with E-state index in [4.69, 9.17) is 0 Å². The SMILES string of the molecule is CCCSc1nnc(-c2ccccc2)n1CC. The van der Waals surface area contributed by atoms with E-state index < -0.39 is 0 Å². The van der Waals surface area contributed by atoms with Crippen molar-refractivity contribution in [1.82, 2.24) is 14.8 Å². The first-order chi connectivity index (χ1) is 8.36. The van der Waals surface area contributed by atoms with Gasteiger partial charge in [-0.15, -0.1) is 10.2 Å². The molecule has 17 heavy (non-hydrogen) atoms.